The molecule has 0 aliphatic heterocycles. The average molecular weight is 214 g/mol. The van der Waals surface area contributed by atoms with E-state index in [2.05, 4.69) is 5.32 Å². The van der Waals surface area contributed by atoms with Gasteiger partial charge in [-0.2, -0.15) is 0 Å². The molecular formula is C9H12ClN3O. The number of nitrogen functional groups attached to an aromatic ring is 1. The fourth-order valence-corrected chi connectivity index (χ4v) is 1.14. The van der Waals surface area contributed by atoms with Crippen LogP contribution in [0.5, 0.6) is 0 Å². The summed E-state index contributed by atoms with van der Waals surface area (Å²) in [6.45, 7) is 0.856. The lowest BCUT2D eigenvalue weighted by atomic mass is 10.2. The summed E-state index contributed by atoms with van der Waals surface area (Å²) >= 11 is 5.76. The SMILES string of the molecule is NCCNC(=O)c1ccc(N)c(Cl)c1. The molecule has 0 aliphatic rings. The maximum atomic E-state index is 11.4. The van der Waals surface area contributed by atoms with E-state index in [0.29, 0.717) is 29.4 Å². The molecule has 0 spiro atoms. The lowest BCUT2D eigenvalue weighted by molar-refractivity contribution is 0.0955. The highest BCUT2D eigenvalue weighted by atomic mass is 35.5. The van der Waals surface area contributed by atoms with Gasteiger partial charge in [-0.05, 0) is 18.2 Å². The molecule has 0 saturated heterocycles. The summed E-state index contributed by atoms with van der Waals surface area (Å²) in [4.78, 5) is 11.4. The van der Waals surface area contributed by atoms with E-state index in [1.165, 1.54) is 6.07 Å². The van der Waals surface area contributed by atoms with E-state index in [-0.39, 0.29) is 5.91 Å². The van der Waals surface area contributed by atoms with Gasteiger partial charge >= 0.3 is 0 Å². The van der Waals surface area contributed by atoms with Gasteiger partial charge in [-0.15, -0.1) is 0 Å². The number of anilines is 1. The summed E-state index contributed by atoms with van der Waals surface area (Å²) in [6.07, 6.45) is 0. The van der Waals surface area contributed by atoms with Crippen molar-refractivity contribution < 1.29 is 4.79 Å². The Bertz CT molecular complexity index is 341. The van der Waals surface area contributed by atoms with Crippen molar-refractivity contribution in [2.24, 2.45) is 5.73 Å². The molecule has 1 aromatic rings. The summed E-state index contributed by atoms with van der Waals surface area (Å²) in [5, 5.41) is 3.01. The predicted molar refractivity (Wildman–Crippen MR) is 57.3 cm³/mol. The lowest BCUT2D eigenvalue weighted by Gasteiger charge is -2.04. The van der Waals surface area contributed by atoms with Crippen molar-refractivity contribution in [3.8, 4) is 0 Å². The molecule has 0 atom stereocenters. The van der Waals surface area contributed by atoms with Gasteiger partial charge in [0, 0.05) is 18.7 Å². The van der Waals surface area contributed by atoms with Crippen LogP contribution in [0.4, 0.5) is 5.69 Å². The minimum Gasteiger partial charge on any atom is -0.398 e. The van der Waals surface area contributed by atoms with Crippen molar-refractivity contribution in [2.45, 2.75) is 0 Å². The van der Waals surface area contributed by atoms with Gasteiger partial charge in [0.15, 0.2) is 0 Å². The summed E-state index contributed by atoms with van der Waals surface area (Å²) in [5.41, 5.74) is 11.7. The first-order chi connectivity index (χ1) is 6.65. The minimum atomic E-state index is -0.197. The summed E-state index contributed by atoms with van der Waals surface area (Å²) in [6, 6.07) is 4.75. The summed E-state index contributed by atoms with van der Waals surface area (Å²) < 4.78 is 0. The number of rotatable bonds is 3. The number of carbonyl (C=O) groups excluding carboxylic acids is 1. The predicted octanol–water partition coefficient (Wildman–Crippen LogP) is 0.611. The second-order valence-electron chi connectivity index (χ2n) is 2.78. The van der Waals surface area contributed by atoms with E-state index in [0.717, 1.165) is 0 Å². The summed E-state index contributed by atoms with van der Waals surface area (Å²) in [7, 11) is 0. The highest BCUT2D eigenvalue weighted by Crippen LogP contribution is 2.19. The van der Waals surface area contributed by atoms with E-state index in [1.807, 2.05) is 0 Å². The molecule has 5 heteroatoms. The van der Waals surface area contributed by atoms with Crippen LogP contribution >= 0.6 is 11.6 Å². The molecular weight excluding hydrogens is 202 g/mol. The molecule has 0 saturated carbocycles. The normalized spacial score (nSPS) is 9.86. The van der Waals surface area contributed by atoms with Crippen LogP contribution in [0.3, 0.4) is 0 Å². The van der Waals surface area contributed by atoms with Crippen molar-refractivity contribution in [1.29, 1.82) is 0 Å². The molecule has 14 heavy (non-hydrogen) atoms. The zero-order valence-corrected chi connectivity index (χ0v) is 8.34. The number of hydrogen-bond donors (Lipinski definition) is 3. The molecule has 0 fully saturated rings. The Morgan fingerprint density at radius 2 is 2.21 bits per heavy atom. The first kappa shape index (κ1) is 10.8. The van der Waals surface area contributed by atoms with Gasteiger partial charge in [-0.25, -0.2) is 0 Å². The number of amides is 1. The van der Waals surface area contributed by atoms with Gasteiger partial charge in [0.25, 0.3) is 5.91 Å². The van der Waals surface area contributed by atoms with Gasteiger partial charge < -0.3 is 16.8 Å². The van der Waals surface area contributed by atoms with E-state index in [1.54, 1.807) is 12.1 Å². The third-order valence-corrected chi connectivity index (χ3v) is 2.02. The molecule has 76 valence electrons. The van der Waals surface area contributed by atoms with Crippen molar-refractivity contribution in [2.75, 3.05) is 18.8 Å². The number of nitrogens with two attached hydrogens (primary N) is 2. The molecule has 5 N–H and O–H groups in total. The van der Waals surface area contributed by atoms with Crippen molar-refractivity contribution in [3.05, 3.63) is 28.8 Å². The van der Waals surface area contributed by atoms with E-state index < -0.39 is 0 Å². The van der Waals surface area contributed by atoms with E-state index >= 15 is 0 Å². The van der Waals surface area contributed by atoms with E-state index in [4.69, 9.17) is 23.1 Å². The molecule has 1 aromatic carbocycles. The van der Waals surface area contributed by atoms with Gasteiger partial charge in [0.2, 0.25) is 0 Å². The second-order valence-corrected chi connectivity index (χ2v) is 3.19. The number of halogens is 1. The van der Waals surface area contributed by atoms with Gasteiger partial charge in [-0.1, -0.05) is 11.6 Å². The Kier molecular flexibility index (Phi) is 3.73. The minimum absolute atomic E-state index is 0.197. The van der Waals surface area contributed by atoms with Crippen LogP contribution in [-0.2, 0) is 0 Å². The van der Waals surface area contributed by atoms with Gasteiger partial charge in [0.1, 0.15) is 0 Å². The molecule has 0 aromatic heterocycles. The number of carbonyl (C=O) groups is 1. The maximum absolute atomic E-state index is 11.4. The van der Waals surface area contributed by atoms with Crippen LogP contribution in [0.1, 0.15) is 10.4 Å². The Morgan fingerprint density at radius 3 is 2.79 bits per heavy atom. The second kappa shape index (κ2) is 4.83. The van der Waals surface area contributed by atoms with Gasteiger partial charge in [-0.3, -0.25) is 4.79 Å². The Morgan fingerprint density at radius 1 is 1.50 bits per heavy atom. The van der Waals surface area contributed by atoms with Gasteiger partial charge in [0.05, 0.1) is 10.7 Å². The van der Waals surface area contributed by atoms with Crippen molar-refractivity contribution in [3.63, 3.8) is 0 Å². The van der Waals surface area contributed by atoms with Crippen molar-refractivity contribution >= 4 is 23.2 Å². The van der Waals surface area contributed by atoms with E-state index in [9.17, 15) is 4.79 Å². The standard InChI is InChI=1S/C9H12ClN3O/c10-7-5-6(1-2-8(7)12)9(14)13-4-3-11/h1-2,5H,3-4,11-12H2,(H,13,14). The lowest BCUT2D eigenvalue weighted by Crippen LogP contribution is -2.28. The first-order valence-corrected chi connectivity index (χ1v) is 4.56. The zero-order valence-electron chi connectivity index (χ0n) is 7.59. The molecule has 1 rings (SSSR count). The van der Waals surface area contributed by atoms with Crippen LogP contribution in [0.2, 0.25) is 5.02 Å². The highest BCUT2D eigenvalue weighted by molar-refractivity contribution is 6.33. The number of hydrogen-bond acceptors (Lipinski definition) is 3. The smallest absolute Gasteiger partial charge is 0.251 e. The molecule has 0 bridgehead atoms. The molecule has 4 nitrogen and oxygen atoms in total. The number of benzene rings is 1. The fraction of sp³-hybridized carbons (Fsp3) is 0.222. The fourth-order valence-electron chi connectivity index (χ4n) is 0.956. The zero-order chi connectivity index (χ0) is 10.6. The largest absolute Gasteiger partial charge is 0.398 e. The third kappa shape index (κ3) is 2.61. The maximum Gasteiger partial charge on any atom is 0.251 e. The van der Waals surface area contributed by atoms with Crippen LogP contribution in [0.15, 0.2) is 18.2 Å². The quantitative estimate of drug-likeness (QED) is 0.644. The van der Waals surface area contributed by atoms with Crippen LogP contribution in [0.25, 0.3) is 0 Å². The van der Waals surface area contributed by atoms with Crippen molar-refractivity contribution in [1.82, 2.24) is 5.32 Å². The first-order valence-electron chi connectivity index (χ1n) is 4.18. The van der Waals surface area contributed by atoms with Crippen LogP contribution in [0, 0.1) is 0 Å². The summed E-state index contributed by atoms with van der Waals surface area (Å²) in [5.74, 6) is -0.197. The molecule has 0 radical (unpaired) electrons. The molecule has 0 unspecified atom stereocenters. The highest BCUT2D eigenvalue weighted by Gasteiger charge is 2.05. The van der Waals surface area contributed by atoms with Crippen LogP contribution < -0.4 is 16.8 Å². The Balaban J connectivity index is 2.76. The molecule has 0 aliphatic carbocycles. The average Bonchev–Trinajstić information content (AvgIpc) is 2.18. The Hall–Kier alpha value is -1.26. The number of nitrogens with one attached hydrogen (secondary N) is 1. The molecule has 0 heterocycles. The topological polar surface area (TPSA) is 81.1 Å². The molecule has 1 amide bonds. The van der Waals surface area contributed by atoms with Crippen LogP contribution in [-0.4, -0.2) is 19.0 Å². The monoisotopic (exact) mass is 213 g/mol. The third-order valence-electron chi connectivity index (χ3n) is 1.69. The Labute approximate surface area is 87.2 Å².